The second-order valence-corrected chi connectivity index (χ2v) is 4.28. The van der Waals surface area contributed by atoms with E-state index in [9.17, 15) is 0 Å². The summed E-state index contributed by atoms with van der Waals surface area (Å²) in [5.74, 6) is 0. The van der Waals surface area contributed by atoms with Gasteiger partial charge in [0.25, 0.3) is 0 Å². The monoisotopic (exact) mass is 267 g/mol. The number of nitriles is 1. The first-order valence-corrected chi connectivity index (χ1v) is 6.60. The zero-order chi connectivity index (χ0) is 14.2. The molecule has 2 aromatic rings. The van der Waals surface area contributed by atoms with E-state index in [0.29, 0.717) is 18.8 Å². The van der Waals surface area contributed by atoms with Gasteiger partial charge in [0.2, 0.25) is 0 Å². The minimum Gasteiger partial charge on any atom is -0.381 e. The Hall–Kier alpha value is -2.38. The average molecular weight is 267 g/mol. The lowest BCUT2D eigenvalue weighted by molar-refractivity contribution is 0.0719. The largest absolute Gasteiger partial charge is 0.381 e. The highest BCUT2D eigenvalue weighted by atomic mass is 16.5. The summed E-state index contributed by atoms with van der Waals surface area (Å²) in [5, 5.41) is 12.0. The number of ether oxygens (including phenoxy) is 1. The standard InChI is InChI=1S/C16H17N3O/c1-2-20-16(13-6-4-3-5-7-13)12-19-15-9-8-14(10-17)18-11-15/h3-9,11,16,19H,2,12H2,1H3. The van der Waals surface area contributed by atoms with Gasteiger partial charge in [-0.2, -0.15) is 5.26 Å². The fraction of sp³-hybridized carbons (Fsp3) is 0.250. The normalized spacial score (nSPS) is 11.6. The van der Waals surface area contributed by atoms with Gasteiger partial charge in [-0.3, -0.25) is 0 Å². The van der Waals surface area contributed by atoms with Crippen LogP contribution in [0.1, 0.15) is 24.3 Å². The molecule has 0 amide bonds. The van der Waals surface area contributed by atoms with Crippen molar-refractivity contribution < 1.29 is 4.74 Å². The molecule has 1 N–H and O–H groups in total. The summed E-state index contributed by atoms with van der Waals surface area (Å²) < 4.78 is 5.76. The van der Waals surface area contributed by atoms with Gasteiger partial charge in [-0.05, 0) is 24.6 Å². The molecule has 0 spiro atoms. The van der Waals surface area contributed by atoms with Crippen molar-refractivity contribution in [2.45, 2.75) is 13.0 Å². The van der Waals surface area contributed by atoms with Crippen LogP contribution in [0, 0.1) is 11.3 Å². The molecule has 1 atom stereocenters. The Kier molecular flexibility index (Phi) is 5.10. The SMILES string of the molecule is CCOC(CNc1ccc(C#N)nc1)c1ccccc1. The maximum absolute atomic E-state index is 8.71. The van der Waals surface area contributed by atoms with Crippen molar-refractivity contribution in [2.24, 2.45) is 0 Å². The van der Waals surface area contributed by atoms with Crippen molar-refractivity contribution >= 4 is 5.69 Å². The number of nitrogens with one attached hydrogen (secondary N) is 1. The Bertz CT molecular complexity index is 561. The first-order valence-electron chi connectivity index (χ1n) is 6.60. The van der Waals surface area contributed by atoms with E-state index in [4.69, 9.17) is 10.00 Å². The molecule has 1 aromatic carbocycles. The lowest BCUT2D eigenvalue weighted by Crippen LogP contribution is -2.16. The van der Waals surface area contributed by atoms with Crippen molar-refractivity contribution in [3.8, 4) is 6.07 Å². The van der Waals surface area contributed by atoms with Crippen molar-refractivity contribution in [1.82, 2.24) is 4.98 Å². The molecule has 0 saturated heterocycles. The fourth-order valence-corrected chi connectivity index (χ4v) is 1.92. The maximum Gasteiger partial charge on any atom is 0.140 e. The lowest BCUT2D eigenvalue weighted by Gasteiger charge is -2.18. The van der Waals surface area contributed by atoms with E-state index >= 15 is 0 Å². The van der Waals surface area contributed by atoms with E-state index in [1.807, 2.05) is 37.3 Å². The van der Waals surface area contributed by atoms with Crippen LogP contribution < -0.4 is 5.32 Å². The van der Waals surface area contributed by atoms with Crippen LogP contribution in [-0.4, -0.2) is 18.1 Å². The van der Waals surface area contributed by atoms with Crippen molar-refractivity contribution in [3.63, 3.8) is 0 Å². The summed E-state index contributed by atoms with van der Waals surface area (Å²) in [6.07, 6.45) is 1.66. The van der Waals surface area contributed by atoms with E-state index < -0.39 is 0 Å². The Balaban J connectivity index is 2.00. The molecular weight excluding hydrogens is 250 g/mol. The Morgan fingerprint density at radius 3 is 2.65 bits per heavy atom. The van der Waals surface area contributed by atoms with Crippen molar-refractivity contribution in [2.75, 3.05) is 18.5 Å². The Labute approximate surface area is 119 Å². The van der Waals surface area contributed by atoms with Crippen LogP contribution >= 0.6 is 0 Å². The molecule has 0 aliphatic rings. The Morgan fingerprint density at radius 1 is 1.25 bits per heavy atom. The molecule has 0 bridgehead atoms. The third-order valence-corrected chi connectivity index (χ3v) is 2.91. The van der Waals surface area contributed by atoms with E-state index in [-0.39, 0.29) is 6.10 Å². The number of aromatic nitrogens is 1. The second-order valence-electron chi connectivity index (χ2n) is 4.28. The van der Waals surface area contributed by atoms with Crippen molar-refractivity contribution in [3.05, 3.63) is 59.9 Å². The van der Waals surface area contributed by atoms with E-state index in [1.54, 1.807) is 12.3 Å². The number of nitrogens with zero attached hydrogens (tertiary/aromatic N) is 2. The zero-order valence-electron chi connectivity index (χ0n) is 11.4. The van der Waals surface area contributed by atoms with Gasteiger partial charge >= 0.3 is 0 Å². The third kappa shape index (κ3) is 3.81. The molecule has 0 aliphatic heterocycles. The minimum atomic E-state index is -0.00292. The molecule has 0 aliphatic carbocycles. The minimum absolute atomic E-state index is 0.00292. The summed E-state index contributed by atoms with van der Waals surface area (Å²) in [5.41, 5.74) is 2.44. The van der Waals surface area contributed by atoms with Crippen LogP contribution in [0.25, 0.3) is 0 Å². The number of anilines is 1. The number of benzene rings is 1. The number of hydrogen-bond acceptors (Lipinski definition) is 4. The molecule has 2 rings (SSSR count). The van der Waals surface area contributed by atoms with Gasteiger partial charge in [-0.25, -0.2) is 4.98 Å². The van der Waals surface area contributed by atoms with Crippen LogP contribution in [-0.2, 0) is 4.74 Å². The molecule has 1 unspecified atom stereocenters. The predicted molar refractivity (Wildman–Crippen MR) is 78.3 cm³/mol. The van der Waals surface area contributed by atoms with Gasteiger partial charge < -0.3 is 10.1 Å². The highest BCUT2D eigenvalue weighted by Crippen LogP contribution is 2.18. The van der Waals surface area contributed by atoms with E-state index in [1.165, 1.54) is 0 Å². The van der Waals surface area contributed by atoms with Gasteiger partial charge in [0.05, 0.1) is 18.0 Å². The quantitative estimate of drug-likeness (QED) is 0.873. The molecule has 0 radical (unpaired) electrons. The molecule has 1 heterocycles. The van der Waals surface area contributed by atoms with Crippen LogP contribution in [0.5, 0.6) is 0 Å². The van der Waals surface area contributed by atoms with Crippen molar-refractivity contribution in [1.29, 1.82) is 5.26 Å². The maximum atomic E-state index is 8.71. The van der Waals surface area contributed by atoms with Gasteiger partial charge in [-0.15, -0.1) is 0 Å². The van der Waals surface area contributed by atoms with Gasteiger partial charge in [-0.1, -0.05) is 30.3 Å². The van der Waals surface area contributed by atoms with Crippen LogP contribution in [0.15, 0.2) is 48.7 Å². The average Bonchev–Trinajstić information content (AvgIpc) is 2.53. The molecule has 0 fully saturated rings. The Morgan fingerprint density at radius 2 is 2.05 bits per heavy atom. The summed E-state index contributed by atoms with van der Waals surface area (Å²) in [4.78, 5) is 4.03. The molecular formula is C16H17N3O. The topological polar surface area (TPSA) is 57.9 Å². The third-order valence-electron chi connectivity index (χ3n) is 2.91. The number of rotatable bonds is 6. The lowest BCUT2D eigenvalue weighted by atomic mass is 10.1. The first kappa shape index (κ1) is 14.0. The molecule has 1 aromatic heterocycles. The first-order chi connectivity index (χ1) is 9.83. The number of hydrogen-bond donors (Lipinski definition) is 1. The van der Waals surface area contributed by atoms with E-state index in [2.05, 4.69) is 22.4 Å². The smallest absolute Gasteiger partial charge is 0.140 e. The van der Waals surface area contributed by atoms with Gasteiger partial charge in [0.15, 0.2) is 0 Å². The summed E-state index contributed by atoms with van der Waals surface area (Å²) in [7, 11) is 0. The van der Waals surface area contributed by atoms with Crippen LogP contribution in [0.3, 0.4) is 0 Å². The highest BCUT2D eigenvalue weighted by Gasteiger charge is 2.10. The van der Waals surface area contributed by atoms with Crippen LogP contribution in [0.4, 0.5) is 5.69 Å². The fourth-order valence-electron chi connectivity index (χ4n) is 1.92. The molecule has 4 heteroatoms. The molecule has 4 nitrogen and oxygen atoms in total. The van der Waals surface area contributed by atoms with E-state index in [0.717, 1.165) is 11.3 Å². The van der Waals surface area contributed by atoms with Gasteiger partial charge in [0.1, 0.15) is 11.8 Å². The summed E-state index contributed by atoms with van der Waals surface area (Å²) in [6.45, 7) is 3.30. The molecule has 0 saturated carbocycles. The highest BCUT2D eigenvalue weighted by molar-refractivity contribution is 5.43. The van der Waals surface area contributed by atoms with Crippen LogP contribution in [0.2, 0.25) is 0 Å². The molecule has 102 valence electrons. The second kappa shape index (κ2) is 7.27. The summed E-state index contributed by atoms with van der Waals surface area (Å²) >= 11 is 0. The van der Waals surface area contributed by atoms with Gasteiger partial charge in [0, 0.05) is 13.2 Å². The predicted octanol–water partition coefficient (Wildman–Crippen LogP) is 3.14. The summed E-state index contributed by atoms with van der Waals surface area (Å²) in [6, 6.07) is 15.7. The zero-order valence-corrected chi connectivity index (χ0v) is 11.4. The molecule has 20 heavy (non-hydrogen) atoms. The number of pyridine rings is 1.